The van der Waals surface area contributed by atoms with Gasteiger partial charge in [0.15, 0.2) is 0 Å². The highest BCUT2D eigenvalue weighted by atomic mass is 16.1. The predicted octanol–water partition coefficient (Wildman–Crippen LogP) is 4.96. The van der Waals surface area contributed by atoms with E-state index in [-0.39, 0.29) is 5.41 Å². The number of aryl methyl sites for hydroxylation is 1. The largest absolute Gasteiger partial charge is 0.300 e. The molecule has 1 aromatic heterocycles. The minimum Gasteiger partial charge on any atom is -0.300 e. The van der Waals surface area contributed by atoms with Gasteiger partial charge >= 0.3 is 0 Å². The summed E-state index contributed by atoms with van der Waals surface area (Å²) in [6.45, 7) is 8.43. The van der Waals surface area contributed by atoms with Crippen LogP contribution in [0.3, 0.4) is 0 Å². The SMILES string of the molecule is CCC(=O)CCc1ccc(C(C)(C)C)nc1-c1ccccc1. The van der Waals surface area contributed by atoms with E-state index in [0.29, 0.717) is 18.6 Å². The summed E-state index contributed by atoms with van der Waals surface area (Å²) in [5, 5.41) is 0. The van der Waals surface area contributed by atoms with E-state index < -0.39 is 0 Å². The molecule has 1 aromatic carbocycles. The lowest BCUT2D eigenvalue weighted by molar-refractivity contribution is -0.118. The number of nitrogens with zero attached hydrogens (tertiary/aromatic N) is 1. The lowest BCUT2D eigenvalue weighted by Crippen LogP contribution is -2.14. The predicted molar refractivity (Wildman–Crippen MR) is 92.0 cm³/mol. The van der Waals surface area contributed by atoms with Crippen molar-refractivity contribution in [3.05, 3.63) is 53.7 Å². The Kier molecular flexibility index (Phi) is 5.12. The van der Waals surface area contributed by atoms with Gasteiger partial charge in [-0.05, 0) is 18.1 Å². The van der Waals surface area contributed by atoms with E-state index in [2.05, 4.69) is 45.0 Å². The number of carbonyl (C=O) groups is 1. The molecule has 0 fully saturated rings. The summed E-state index contributed by atoms with van der Waals surface area (Å²) >= 11 is 0. The normalized spacial score (nSPS) is 11.5. The fourth-order valence-electron chi connectivity index (χ4n) is 2.40. The molecule has 0 bridgehead atoms. The number of rotatable bonds is 5. The molecule has 0 amide bonds. The van der Waals surface area contributed by atoms with E-state index >= 15 is 0 Å². The molecule has 0 unspecified atom stereocenters. The van der Waals surface area contributed by atoms with Gasteiger partial charge in [-0.2, -0.15) is 0 Å². The highest BCUT2D eigenvalue weighted by Crippen LogP contribution is 2.28. The van der Waals surface area contributed by atoms with Gasteiger partial charge < -0.3 is 0 Å². The minimum atomic E-state index is 0.0152. The van der Waals surface area contributed by atoms with E-state index in [1.165, 1.54) is 0 Å². The first-order chi connectivity index (χ1) is 10.4. The number of benzene rings is 1. The van der Waals surface area contributed by atoms with Crippen molar-refractivity contribution in [1.29, 1.82) is 0 Å². The molecule has 116 valence electrons. The maximum Gasteiger partial charge on any atom is 0.132 e. The second kappa shape index (κ2) is 6.87. The molecule has 1 heterocycles. The molecule has 0 radical (unpaired) electrons. The van der Waals surface area contributed by atoms with Crippen LogP contribution in [-0.4, -0.2) is 10.8 Å². The fourth-order valence-corrected chi connectivity index (χ4v) is 2.40. The molecule has 0 N–H and O–H groups in total. The van der Waals surface area contributed by atoms with Crippen LogP contribution in [0.2, 0.25) is 0 Å². The Morgan fingerprint density at radius 2 is 1.73 bits per heavy atom. The molecule has 0 spiro atoms. The van der Waals surface area contributed by atoms with Crippen molar-refractivity contribution >= 4 is 5.78 Å². The molecule has 0 saturated carbocycles. The number of aromatic nitrogens is 1. The lowest BCUT2D eigenvalue weighted by Gasteiger charge is -2.20. The first-order valence-electron chi connectivity index (χ1n) is 7.99. The zero-order chi connectivity index (χ0) is 16.2. The smallest absolute Gasteiger partial charge is 0.132 e. The van der Waals surface area contributed by atoms with Gasteiger partial charge in [0.1, 0.15) is 5.78 Å². The van der Waals surface area contributed by atoms with Crippen LogP contribution in [0.1, 0.15) is 51.8 Å². The quantitative estimate of drug-likeness (QED) is 0.780. The van der Waals surface area contributed by atoms with Crippen molar-refractivity contribution in [3.8, 4) is 11.3 Å². The molecule has 2 heteroatoms. The maximum absolute atomic E-state index is 11.6. The van der Waals surface area contributed by atoms with Crippen molar-refractivity contribution in [2.45, 2.75) is 52.4 Å². The van der Waals surface area contributed by atoms with Gasteiger partial charge in [0.2, 0.25) is 0 Å². The molecule has 0 aliphatic carbocycles. The maximum atomic E-state index is 11.6. The Bertz CT molecular complexity index is 639. The van der Waals surface area contributed by atoms with E-state index in [9.17, 15) is 4.79 Å². The van der Waals surface area contributed by atoms with E-state index in [1.54, 1.807) is 0 Å². The van der Waals surface area contributed by atoms with Crippen LogP contribution in [0.15, 0.2) is 42.5 Å². The molecule has 2 aromatic rings. The topological polar surface area (TPSA) is 30.0 Å². The van der Waals surface area contributed by atoms with Gasteiger partial charge in [-0.15, -0.1) is 0 Å². The molecule has 0 atom stereocenters. The third-order valence-electron chi connectivity index (χ3n) is 3.86. The third-order valence-corrected chi connectivity index (χ3v) is 3.86. The van der Waals surface area contributed by atoms with Gasteiger partial charge in [-0.1, -0.05) is 64.1 Å². The Morgan fingerprint density at radius 3 is 2.32 bits per heavy atom. The van der Waals surface area contributed by atoms with Crippen molar-refractivity contribution in [2.75, 3.05) is 0 Å². The van der Waals surface area contributed by atoms with Crippen LogP contribution in [0.25, 0.3) is 11.3 Å². The van der Waals surface area contributed by atoms with E-state index in [4.69, 9.17) is 4.98 Å². The molecule has 0 aliphatic rings. The number of Topliss-reactive ketones (excluding diaryl/α,β-unsaturated/α-hetero) is 1. The fraction of sp³-hybridized carbons (Fsp3) is 0.400. The van der Waals surface area contributed by atoms with Crippen molar-refractivity contribution < 1.29 is 4.79 Å². The molecule has 0 saturated heterocycles. The first-order valence-corrected chi connectivity index (χ1v) is 7.99. The van der Waals surface area contributed by atoms with Gasteiger partial charge in [-0.3, -0.25) is 9.78 Å². The van der Waals surface area contributed by atoms with Gasteiger partial charge in [-0.25, -0.2) is 0 Å². The summed E-state index contributed by atoms with van der Waals surface area (Å²) in [5.74, 6) is 0.305. The number of ketones is 1. The van der Waals surface area contributed by atoms with Gasteiger partial charge in [0.25, 0.3) is 0 Å². The third kappa shape index (κ3) is 4.03. The monoisotopic (exact) mass is 295 g/mol. The summed E-state index contributed by atoms with van der Waals surface area (Å²) in [6, 6.07) is 14.5. The van der Waals surface area contributed by atoms with Crippen molar-refractivity contribution in [2.24, 2.45) is 0 Å². The number of carbonyl (C=O) groups excluding carboxylic acids is 1. The highest BCUT2D eigenvalue weighted by Gasteiger charge is 2.18. The molecular weight excluding hydrogens is 270 g/mol. The Morgan fingerprint density at radius 1 is 1.05 bits per heavy atom. The van der Waals surface area contributed by atoms with Crippen LogP contribution in [0, 0.1) is 0 Å². The average molecular weight is 295 g/mol. The summed E-state index contributed by atoms with van der Waals surface area (Å²) < 4.78 is 0. The molecule has 22 heavy (non-hydrogen) atoms. The number of pyridine rings is 1. The second-order valence-electron chi connectivity index (χ2n) is 6.71. The van der Waals surface area contributed by atoms with Crippen LogP contribution < -0.4 is 0 Å². The average Bonchev–Trinajstić information content (AvgIpc) is 2.52. The first kappa shape index (κ1) is 16.4. The van der Waals surface area contributed by atoms with E-state index in [0.717, 1.165) is 28.9 Å². The summed E-state index contributed by atoms with van der Waals surface area (Å²) in [6.07, 6.45) is 1.95. The second-order valence-corrected chi connectivity index (χ2v) is 6.71. The van der Waals surface area contributed by atoms with Crippen LogP contribution in [0.4, 0.5) is 0 Å². The molecule has 2 rings (SSSR count). The van der Waals surface area contributed by atoms with Crippen LogP contribution >= 0.6 is 0 Å². The summed E-state index contributed by atoms with van der Waals surface area (Å²) in [7, 11) is 0. The van der Waals surface area contributed by atoms with Gasteiger partial charge in [0, 0.05) is 29.5 Å². The standard InChI is InChI=1S/C20H25NO/c1-5-17(22)13-11-16-12-14-18(20(2,3)4)21-19(16)15-9-7-6-8-10-15/h6-10,12,14H,5,11,13H2,1-4H3. The Hall–Kier alpha value is -1.96. The van der Waals surface area contributed by atoms with Crippen molar-refractivity contribution in [3.63, 3.8) is 0 Å². The Labute approximate surface area is 133 Å². The van der Waals surface area contributed by atoms with Crippen LogP contribution in [0.5, 0.6) is 0 Å². The highest BCUT2D eigenvalue weighted by molar-refractivity contribution is 5.78. The zero-order valence-corrected chi connectivity index (χ0v) is 14.0. The van der Waals surface area contributed by atoms with Gasteiger partial charge in [0.05, 0.1) is 5.69 Å². The molecule has 2 nitrogen and oxygen atoms in total. The van der Waals surface area contributed by atoms with E-state index in [1.807, 2.05) is 25.1 Å². The van der Waals surface area contributed by atoms with Crippen LogP contribution in [-0.2, 0) is 16.6 Å². The lowest BCUT2D eigenvalue weighted by atomic mass is 9.90. The van der Waals surface area contributed by atoms with Crippen molar-refractivity contribution in [1.82, 2.24) is 4.98 Å². The molecular formula is C20H25NO. The Balaban J connectivity index is 2.42. The number of hydrogen-bond acceptors (Lipinski definition) is 2. The minimum absolute atomic E-state index is 0.0152. The summed E-state index contributed by atoms with van der Waals surface area (Å²) in [5.41, 5.74) is 4.38. The zero-order valence-electron chi connectivity index (χ0n) is 14.0. The molecule has 0 aliphatic heterocycles. The number of hydrogen-bond donors (Lipinski definition) is 0. The summed E-state index contributed by atoms with van der Waals surface area (Å²) in [4.78, 5) is 16.5.